The van der Waals surface area contributed by atoms with Gasteiger partial charge in [0.15, 0.2) is 52.3 Å². The van der Waals surface area contributed by atoms with Gasteiger partial charge in [0.25, 0.3) is 0 Å². The molecule has 0 atom stereocenters. The summed E-state index contributed by atoms with van der Waals surface area (Å²) in [4.78, 5) is 0. The highest BCUT2D eigenvalue weighted by atomic mass is 19.2. The van der Waals surface area contributed by atoms with E-state index in [4.69, 9.17) is 9.31 Å². The van der Waals surface area contributed by atoms with E-state index < -0.39 is 177 Å². The molecule has 0 aliphatic carbocycles. The Morgan fingerprint density at radius 3 is 1.43 bits per heavy atom. The Morgan fingerprint density at radius 2 is 0.810 bits per heavy atom. The second-order valence-corrected chi connectivity index (χ2v) is 12.4. The highest BCUT2D eigenvalue weighted by molar-refractivity contribution is 6.66. The van der Waals surface area contributed by atoms with Gasteiger partial charge in [0.2, 0.25) is 11.6 Å². The topological polar surface area (TPSA) is 18.5 Å². The molecule has 20 heteroatoms. The maximum atomic E-state index is 16.2. The first kappa shape index (κ1) is 38.4. The molecule has 0 saturated heterocycles. The minimum Gasteiger partial charge on any atom is -0.519 e. The third kappa shape index (κ3) is 5.29. The molecule has 0 spiro atoms. The average Bonchev–Trinajstić information content (AvgIpc) is 3.17. The molecule has 8 aromatic carbocycles. The minimum atomic E-state index is -3.09. The molecule has 8 rings (SSSR count). The first-order valence-electron chi connectivity index (χ1n) is 15.8. The summed E-state index contributed by atoms with van der Waals surface area (Å²) in [5.41, 5.74) is -1.07. The molecule has 0 heterocycles. The van der Waals surface area contributed by atoms with E-state index in [0.29, 0.717) is 30.3 Å². The van der Waals surface area contributed by atoms with Crippen LogP contribution >= 0.6 is 0 Å². The van der Waals surface area contributed by atoms with Gasteiger partial charge >= 0.3 is 7.12 Å². The lowest BCUT2D eigenvalue weighted by molar-refractivity contribution is 0.378. The Morgan fingerprint density at radius 1 is 0.328 bits per heavy atom. The molecule has 0 saturated carbocycles. The summed E-state index contributed by atoms with van der Waals surface area (Å²) in [6, 6.07) is 4.55. The van der Waals surface area contributed by atoms with Gasteiger partial charge in [0.1, 0.15) is 46.5 Å². The Bertz CT molecular complexity index is 3170. The second-order valence-electron chi connectivity index (χ2n) is 12.4. The van der Waals surface area contributed by atoms with Crippen LogP contribution in [0.1, 0.15) is 0 Å². The first-order valence-corrected chi connectivity index (χ1v) is 15.8. The fourth-order valence-corrected chi connectivity index (χ4v) is 6.71. The Balaban J connectivity index is 1.50. The van der Waals surface area contributed by atoms with Gasteiger partial charge in [-0.25, -0.2) is 65.9 Å². The molecule has 0 aliphatic rings. The van der Waals surface area contributed by atoms with Crippen LogP contribution < -0.4 is 14.8 Å². The number of hydrogen-bond donors (Lipinski definition) is 0. The van der Waals surface area contributed by atoms with E-state index in [0.717, 1.165) is 12.1 Å². The summed E-state index contributed by atoms with van der Waals surface area (Å²) in [7, 11) is -3.09. The zero-order valence-electron chi connectivity index (χ0n) is 27.4. The van der Waals surface area contributed by atoms with E-state index in [-0.39, 0.29) is 6.07 Å². The molecule has 294 valence electrons. The molecule has 0 bridgehead atoms. The van der Waals surface area contributed by atoms with Crippen LogP contribution in [0.25, 0.3) is 53.9 Å². The van der Waals surface area contributed by atoms with Crippen LogP contribution in [0.5, 0.6) is 11.5 Å². The van der Waals surface area contributed by atoms with Crippen LogP contribution in [-0.2, 0) is 0 Å². The van der Waals surface area contributed by atoms with Gasteiger partial charge in [0.05, 0.1) is 37.7 Å². The van der Waals surface area contributed by atoms with E-state index in [1.807, 2.05) is 0 Å². The Hall–Kier alpha value is -6.47. The van der Waals surface area contributed by atoms with E-state index >= 15 is 39.5 Å². The molecule has 58 heavy (non-hydrogen) atoms. The van der Waals surface area contributed by atoms with Gasteiger partial charge in [0, 0.05) is 16.9 Å². The van der Waals surface area contributed by atoms with E-state index in [9.17, 15) is 35.1 Å². The fourth-order valence-electron chi connectivity index (χ4n) is 6.71. The summed E-state index contributed by atoms with van der Waals surface area (Å²) in [5, 5.41) is -15.0. The van der Waals surface area contributed by atoms with Gasteiger partial charge in [-0.3, -0.25) is 0 Å². The van der Waals surface area contributed by atoms with Crippen LogP contribution in [0.2, 0.25) is 0 Å². The molecule has 2 nitrogen and oxygen atoms in total. The predicted molar refractivity (Wildman–Crippen MR) is 173 cm³/mol. The normalized spacial score (nSPS) is 11.9. The van der Waals surface area contributed by atoms with Crippen molar-refractivity contribution in [1.82, 2.24) is 0 Å². The van der Waals surface area contributed by atoms with Crippen molar-refractivity contribution in [2.45, 2.75) is 0 Å². The zero-order valence-corrected chi connectivity index (χ0v) is 27.4. The lowest BCUT2D eigenvalue weighted by Gasteiger charge is -2.23. The molecule has 0 aromatic heterocycles. The van der Waals surface area contributed by atoms with Gasteiger partial charge in [-0.15, -0.1) is 0 Å². The smallest absolute Gasteiger partial charge is 0.519 e. The van der Waals surface area contributed by atoms with Gasteiger partial charge in [-0.2, -0.15) is 8.78 Å². The highest BCUT2D eigenvalue weighted by Gasteiger charge is 2.39. The van der Waals surface area contributed by atoms with Crippen molar-refractivity contribution in [3.05, 3.63) is 147 Å². The summed E-state index contributed by atoms with van der Waals surface area (Å²) in [5.74, 6) is -43.4. The number of fused-ring (bicyclic) bond motifs is 5. The number of halogens is 17. The standard InChI is InChI=1S/C38H8BF17O2/c40-10-7-11-13(4-5-15(42)18(11)16(43)8-10)39(57-37-12-6-9-2-1-3-14(41)17(9)24(44)19(12)27(47)33(53)35(37)55)58-38-23-22(30(50)34(54)36(38)56)25(45)20-21(26(23)46)29(49)32(52)31(51)28(20)48/h1-8H. The monoisotopic (exact) mass is 830 g/mol. The summed E-state index contributed by atoms with van der Waals surface area (Å²) in [6.45, 7) is 0. The van der Waals surface area contributed by atoms with Crippen molar-refractivity contribution >= 4 is 66.4 Å². The summed E-state index contributed by atoms with van der Waals surface area (Å²) < 4.78 is 268. The quantitative estimate of drug-likeness (QED) is 0.0566. The molecule has 0 N–H and O–H groups in total. The average molecular weight is 830 g/mol. The van der Waals surface area contributed by atoms with Crippen molar-refractivity contribution < 1.29 is 83.9 Å². The van der Waals surface area contributed by atoms with Crippen molar-refractivity contribution in [3.63, 3.8) is 0 Å². The van der Waals surface area contributed by atoms with Crippen LogP contribution in [0.3, 0.4) is 0 Å². The van der Waals surface area contributed by atoms with Crippen LogP contribution in [0, 0.1) is 98.9 Å². The van der Waals surface area contributed by atoms with E-state index in [2.05, 4.69) is 0 Å². The lowest BCUT2D eigenvalue weighted by atomic mass is 9.75. The van der Waals surface area contributed by atoms with Gasteiger partial charge in [-0.05, 0) is 35.0 Å². The third-order valence-electron chi connectivity index (χ3n) is 9.25. The largest absolute Gasteiger partial charge is 0.633 e. The highest BCUT2D eigenvalue weighted by Crippen LogP contribution is 2.44. The van der Waals surface area contributed by atoms with Crippen LogP contribution in [0.4, 0.5) is 74.6 Å². The molecule has 0 radical (unpaired) electrons. The van der Waals surface area contributed by atoms with Crippen LogP contribution in [-0.4, -0.2) is 7.12 Å². The van der Waals surface area contributed by atoms with Crippen molar-refractivity contribution in [3.8, 4) is 11.5 Å². The van der Waals surface area contributed by atoms with Crippen molar-refractivity contribution in [1.29, 1.82) is 0 Å². The van der Waals surface area contributed by atoms with Gasteiger partial charge in [-0.1, -0.05) is 18.2 Å². The molecular weight excluding hydrogens is 822 g/mol. The van der Waals surface area contributed by atoms with E-state index in [1.54, 1.807) is 0 Å². The van der Waals surface area contributed by atoms with Crippen LogP contribution in [0.15, 0.2) is 48.5 Å². The molecule has 0 aliphatic heterocycles. The number of rotatable bonds is 5. The Kier molecular flexibility index (Phi) is 8.81. The zero-order chi connectivity index (χ0) is 42.0. The first-order chi connectivity index (χ1) is 27.4. The fraction of sp³-hybridized carbons (Fsp3) is 0. The minimum absolute atomic E-state index is 0.128. The molecular formula is C38H8BF17O2. The molecule has 0 unspecified atom stereocenters. The lowest BCUT2D eigenvalue weighted by Crippen LogP contribution is -2.44. The predicted octanol–water partition coefficient (Wildman–Crippen LogP) is 11.7. The third-order valence-corrected chi connectivity index (χ3v) is 9.25. The SMILES string of the molecule is Fc1cc(F)c2c(F)ccc(B(Oc3c(F)c(F)c(F)c4c(F)c5c(F)cccc5cc34)Oc3c(F)c(F)c(F)c4c(F)c5c(F)c(F)c(F)c(F)c5c(F)c34)c2c1. The van der Waals surface area contributed by atoms with Gasteiger partial charge < -0.3 is 9.31 Å². The maximum Gasteiger partial charge on any atom is 0.633 e. The second kappa shape index (κ2) is 13.3. The maximum absolute atomic E-state index is 16.2. The molecule has 8 aromatic rings. The van der Waals surface area contributed by atoms with E-state index in [1.165, 1.54) is 0 Å². The number of benzene rings is 8. The van der Waals surface area contributed by atoms with Crippen molar-refractivity contribution in [2.24, 2.45) is 0 Å². The molecule has 0 fully saturated rings. The Labute approximate surface area is 309 Å². The number of hydrogen-bond acceptors (Lipinski definition) is 2. The van der Waals surface area contributed by atoms with Crippen molar-refractivity contribution in [2.75, 3.05) is 0 Å². The molecule has 0 amide bonds. The summed E-state index contributed by atoms with van der Waals surface area (Å²) >= 11 is 0. The summed E-state index contributed by atoms with van der Waals surface area (Å²) in [6.07, 6.45) is 0.